The van der Waals surface area contributed by atoms with E-state index >= 15 is 0 Å². The van der Waals surface area contributed by atoms with E-state index in [2.05, 4.69) is 0 Å². The first-order chi connectivity index (χ1) is 23.9. The minimum absolute atomic E-state index is 0.0241. The van der Waals surface area contributed by atoms with Crippen molar-refractivity contribution < 1.29 is 35.9 Å². The number of carbonyl (C=O) groups is 2. The number of hydrogen-bond acceptors (Lipinski definition) is 2. The van der Waals surface area contributed by atoms with Gasteiger partial charge in [-0.15, -0.1) is 0 Å². The first-order valence-corrected chi connectivity index (χ1v) is 15.4. The number of halogens is 6. The number of benzene rings is 6. The summed E-state index contributed by atoms with van der Waals surface area (Å²) >= 11 is 0. The predicted molar refractivity (Wildman–Crippen MR) is 179 cm³/mol. The molecule has 2 amide bonds. The van der Waals surface area contributed by atoms with Gasteiger partial charge in [-0.2, -0.15) is 26.3 Å². The van der Waals surface area contributed by atoms with Gasteiger partial charge in [0.25, 0.3) is 11.8 Å². The minimum atomic E-state index is -5.08. The maximum Gasteiger partial charge on any atom is 0.417 e. The van der Waals surface area contributed by atoms with E-state index in [4.69, 9.17) is 0 Å². The van der Waals surface area contributed by atoms with Crippen LogP contribution in [0.4, 0.5) is 32.0 Å². The normalized spacial score (nSPS) is 13.4. The topological polar surface area (TPSA) is 42.3 Å². The number of anilines is 1. The third-order valence-corrected chi connectivity index (χ3v) is 9.00. The van der Waals surface area contributed by atoms with E-state index in [1.807, 2.05) is 48.5 Å². The SMILES string of the molecule is O=C1c2cccc(-n3c4ccccc4c4ccc(-c5ccc(C(F)(F)F)cc5C(F)(F)F)cc43)c2C(=O)N1c1ccccc1-c1ccccc1. The summed E-state index contributed by atoms with van der Waals surface area (Å²) < 4.78 is 84.7. The van der Waals surface area contributed by atoms with Crippen LogP contribution in [0.25, 0.3) is 49.7 Å². The Balaban J connectivity index is 1.34. The molecule has 7 aromatic rings. The summed E-state index contributed by atoms with van der Waals surface area (Å²) in [4.78, 5) is 29.6. The molecule has 0 atom stereocenters. The Kier molecular flexibility index (Phi) is 6.97. The van der Waals surface area contributed by atoms with Crippen molar-refractivity contribution in [3.05, 3.63) is 156 Å². The highest BCUT2D eigenvalue weighted by Gasteiger charge is 2.41. The molecule has 6 aromatic carbocycles. The van der Waals surface area contributed by atoms with Gasteiger partial charge in [0.05, 0.1) is 44.7 Å². The van der Waals surface area contributed by atoms with Crippen LogP contribution >= 0.6 is 0 Å². The largest absolute Gasteiger partial charge is 0.417 e. The van der Waals surface area contributed by atoms with Crippen molar-refractivity contribution in [1.29, 1.82) is 0 Å². The van der Waals surface area contributed by atoms with Crippen LogP contribution in [0.2, 0.25) is 0 Å². The first kappa shape index (κ1) is 31.1. The molecule has 0 saturated carbocycles. The molecule has 1 aromatic heterocycles. The van der Waals surface area contributed by atoms with Crippen molar-refractivity contribution in [2.24, 2.45) is 0 Å². The highest BCUT2D eigenvalue weighted by Crippen LogP contribution is 2.44. The number of nitrogens with zero attached hydrogens (tertiary/aromatic N) is 2. The van der Waals surface area contributed by atoms with Gasteiger partial charge in [-0.1, -0.05) is 91.0 Å². The second-order valence-corrected chi connectivity index (χ2v) is 11.9. The zero-order chi connectivity index (χ0) is 34.9. The second-order valence-electron chi connectivity index (χ2n) is 11.9. The lowest BCUT2D eigenvalue weighted by Crippen LogP contribution is -2.30. The van der Waals surface area contributed by atoms with Crippen molar-refractivity contribution in [3.8, 4) is 27.9 Å². The molecule has 2 heterocycles. The number of amides is 2. The molecule has 1 aliphatic rings. The summed E-state index contributed by atoms with van der Waals surface area (Å²) in [5, 5.41) is 1.35. The number of aromatic nitrogens is 1. The summed E-state index contributed by atoms with van der Waals surface area (Å²) in [6, 6.07) is 34.5. The quantitative estimate of drug-likeness (QED) is 0.138. The number of fused-ring (bicyclic) bond motifs is 4. The van der Waals surface area contributed by atoms with Crippen LogP contribution in [0.15, 0.2) is 133 Å². The Morgan fingerprint density at radius 3 is 1.88 bits per heavy atom. The molecule has 0 fully saturated rings. The molecule has 0 radical (unpaired) electrons. The number of carbonyl (C=O) groups excluding carboxylic acids is 2. The van der Waals surface area contributed by atoms with Gasteiger partial charge in [0.1, 0.15) is 0 Å². The van der Waals surface area contributed by atoms with Crippen LogP contribution in [-0.4, -0.2) is 16.4 Å². The summed E-state index contributed by atoms with van der Waals surface area (Å²) in [6.45, 7) is 0. The van der Waals surface area contributed by atoms with E-state index in [9.17, 15) is 35.9 Å². The van der Waals surface area contributed by atoms with Gasteiger partial charge in [0.15, 0.2) is 0 Å². The molecule has 0 saturated heterocycles. The Morgan fingerprint density at radius 1 is 0.460 bits per heavy atom. The molecule has 1 aliphatic heterocycles. The molecule has 8 rings (SSSR count). The lowest BCUT2D eigenvalue weighted by Gasteiger charge is -2.19. The molecule has 0 spiro atoms. The van der Waals surface area contributed by atoms with Gasteiger partial charge in [0.2, 0.25) is 0 Å². The van der Waals surface area contributed by atoms with E-state index < -0.39 is 40.9 Å². The van der Waals surface area contributed by atoms with Crippen LogP contribution in [0.3, 0.4) is 0 Å². The maximum absolute atomic E-state index is 14.4. The number of hydrogen-bond donors (Lipinski definition) is 0. The summed E-state index contributed by atoms with van der Waals surface area (Å²) in [7, 11) is 0. The maximum atomic E-state index is 14.4. The van der Waals surface area contributed by atoms with Crippen molar-refractivity contribution in [1.82, 2.24) is 4.57 Å². The van der Waals surface area contributed by atoms with Crippen LogP contribution in [0.1, 0.15) is 31.8 Å². The zero-order valence-corrected chi connectivity index (χ0v) is 25.7. The lowest BCUT2D eigenvalue weighted by atomic mass is 9.96. The van der Waals surface area contributed by atoms with Gasteiger partial charge >= 0.3 is 12.4 Å². The third kappa shape index (κ3) is 4.86. The fourth-order valence-electron chi connectivity index (χ4n) is 6.81. The smallest absolute Gasteiger partial charge is 0.308 e. The molecular formula is C40H22F6N2O2. The molecule has 246 valence electrons. The zero-order valence-electron chi connectivity index (χ0n) is 25.7. The Hall–Kier alpha value is -6.16. The van der Waals surface area contributed by atoms with Crippen LogP contribution < -0.4 is 4.90 Å². The number of imide groups is 1. The Bertz CT molecular complexity index is 2510. The number of para-hydroxylation sites is 2. The fourth-order valence-corrected chi connectivity index (χ4v) is 6.81. The minimum Gasteiger partial charge on any atom is -0.308 e. The fraction of sp³-hybridized carbons (Fsp3) is 0.0500. The van der Waals surface area contributed by atoms with Crippen molar-refractivity contribution in [2.45, 2.75) is 12.4 Å². The van der Waals surface area contributed by atoms with E-state index in [1.165, 1.54) is 12.1 Å². The molecule has 10 heteroatoms. The van der Waals surface area contributed by atoms with E-state index in [1.54, 1.807) is 59.2 Å². The Morgan fingerprint density at radius 2 is 1.12 bits per heavy atom. The van der Waals surface area contributed by atoms with Gasteiger partial charge in [-0.3, -0.25) is 9.59 Å². The van der Waals surface area contributed by atoms with Gasteiger partial charge in [-0.05, 0) is 59.2 Å². The summed E-state index contributed by atoms with van der Waals surface area (Å²) in [5.74, 6) is -1.11. The highest BCUT2D eigenvalue weighted by molar-refractivity contribution is 6.36. The summed E-state index contributed by atoms with van der Waals surface area (Å²) in [6.07, 6.45) is -10.0. The average molecular weight is 677 g/mol. The second kappa shape index (κ2) is 11.2. The van der Waals surface area contributed by atoms with Crippen LogP contribution in [0, 0.1) is 0 Å². The molecule has 0 bridgehead atoms. The van der Waals surface area contributed by atoms with Crippen molar-refractivity contribution in [3.63, 3.8) is 0 Å². The van der Waals surface area contributed by atoms with Gasteiger partial charge in [-0.25, -0.2) is 4.90 Å². The van der Waals surface area contributed by atoms with Crippen LogP contribution in [0.5, 0.6) is 0 Å². The molecule has 4 nitrogen and oxygen atoms in total. The molecule has 0 N–H and O–H groups in total. The highest BCUT2D eigenvalue weighted by atomic mass is 19.4. The first-order valence-electron chi connectivity index (χ1n) is 15.4. The summed E-state index contributed by atoms with van der Waals surface area (Å²) in [5.41, 5.74) is 0.211. The van der Waals surface area contributed by atoms with E-state index in [0.29, 0.717) is 39.4 Å². The standard InChI is InChI=1S/C40H22F6N2O2/c41-39(42,43)25-18-20-26(31(22-25)40(44,45)46)24-17-19-29-28-12-5-7-15-33(28)47(35(29)21-24)34-16-8-13-30-36(34)38(50)48(37(30)49)32-14-6-4-11-27(32)23-9-2-1-3-10-23/h1-22H. The van der Waals surface area contributed by atoms with Crippen LogP contribution in [-0.2, 0) is 12.4 Å². The lowest BCUT2D eigenvalue weighted by molar-refractivity contribution is -0.142. The molecule has 0 aliphatic carbocycles. The van der Waals surface area contributed by atoms with Crippen molar-refractivity contribution in [2.75, 3.05) is 4.90 Å². The van der Waals surface area contributed by atoms with E-state index in [0.717, 1.165) is 21.9 Å². The van der Waals surface area contributed by atoms with E-state index in [-0.39, 0.29) is 22.8 Å². The molecular weight excluding hydrogens is 654 g/mol. The monoisotopic (exact) mass is 676 g/mol. The molecule has 0 unspecified atom stereocenters. The Labute approximate surface area is 280 Å². The number of rotatable bonds is 4. The van der Waals surface area contributed by atoms with Gasteiger partial charge < -0.3 is 4.57 Å². The predicted octanol–water partition coefficient (Wildman–Crippen LogP) is 11.0. The van der Waals surface area contributed by atoms with Gasteiger partial charge in [0, 0.05) is 16.3 Å². The van der Waals surface area contributed by atoms with Crippen molar-refractivity contribution >= 4 is 39.3 Å². The third-order valence-electron chi connectivity index (χ3n) is 9.00. The molecule has 50 heavy (non-hydrogen) atoms. The average Bonchev–Trinajstić information content (AvgIpc) is 3.57. The number of alkyl halides is 6.